The first-order valence-corrected chi connectivity index (χ1v) is 10.7. The number of likely N-dealkylation sites (N-methyl/N-ethyl adjacent to an activating group) is 1. The quantitative estimate of drug-likeness (QED) is 0.820. The van der Waals surface area contributed by atoms with Crippen LogP contribution < -0.4 is 0 Å². The fourth-order valence-electron chi connectivity index (χ4n) is 5.98. The van der Waals surface area contributed by atoms with Crippen molar-refractivity contribution in [1.82, 2.24) is 14.9 Å². The van der Waals surface area contributed by atoms with Crippen molar-refractivity contribution in [3.05, 3.63) is 35.6 Å². The minimum Gasteiger partial charge on any atom is -0.342 e. The fourth-order valence-corrected chi connectivity index (χ4v) is 6.80. The highest BCUT2D eigenvalue weighted by atomic mass is 32.1. The van der Waals surface area contributed by atoms with Crippen molar-refractivity contribution in [2.24, 2.45) is 23.7 Å². The summed E-state index contributed by atoms with van der Waals surface area (Å²) in [7, 11) is 2.03. The van der Waals surface area contributed by atoms with Gasteiger partial charge in [0.05, 0.1) is 12.1 Å². The van der Waals surface area contributed by atoms with Gasteiger partial charge >= 0.3 is 0 Å². The number of thiazole rings is 1. The number of carbonyl (C=O) groups excluding carboxylic acids is 1. The molecular weight excluding hydrogens is 342 g/mol. The molecule has 0 atom stereocenters. The molecule has 2 aromatic rings. The highest BCUT2D eigenvalue weighted by molar-refractivity contribution is 7.13. The van der Waals surface area contributed by atoms with Crippen LogP contribution in [0, 0.1) is 23.7 Å². The molecule has 0 aromatic carbocycles. The van der Waals surface area contributed by atoms with Gasteiger partial charge in [0.15, 0.2) is 0 Å². The Morgan fingerprint density at radius 1 is 1.19 bits per heavy atom. The van der Waals surface area contributed by atoms with Crippen LogP contribution in [-0.2, 0) is 11.2 Å². The van der Waals surface area contributed by atoms with Crippen LogP contribution >= 0.6 is 11.3 Å². The molecule has 1 amide bonds. The van der Waals surface area contributed by atoms with E-state index in [0.717, 1.165) is 39.9 Å². The average Bonchev–Trinajstić information content (AvgIpc) is 3.10. The molecule has 136 valence electrons. The Labute approximate surface area is 158 Å². The van der Waals surface area contributed by atoms with E-state index in [0.29, 0.717) is 12.5 Å². The van der Waals surface area contributed by atoms with Crippen LogP contribution in [0.5, 0.6) is 0 Å². The lowest BCUT2D eigenvalue weighted by Gasteiger charge is -2.56. The number of hydrogen-bond donors (Lipinski definition) is 0. The Morgan fingerprint density at radius 3 is 2.58 bits per heavy atom. The van der Waals surface area contributed by atoms with E-state index in [2.05, 4.69) is 14.9 Å². The Kier molecular flexibility index (Phi) is 4.07. The minimum absolute atomic E-state index is 0.227. The van der Waals surface area contributed by atoms with Gasteiger partial charge in [-0.25, -0.2) is 4.98 Å². The van der Waals surface area contributed by atoms with Gasteiger partial charge in [-0.05, 0) is 67.9 Å². The summed E-state index contributed by atoms with van der Waals surface area (Å²) in [6.07, 6.45) is 10.8. The topological polar surface area (TPSA) is 46.1 Å². The molecule has 26 heavy (non-hydrogen) atoms. The highest BCUT2D eigenvalue weighted by Gasteiger charge is 2.50. The van der Waals surface area contributed by atoms with E-state index in [1.165, 1.54) is 32.1 Å². The second-order valence-corrected chi connectivity index (χ2v) is 9.35. The van der Waals surface area contributed by atoms with Gasteiger partial charge in [0.25, 0.3) is 0 Å². The Bertz CT molecular complexity index is 775. The SMILES string of the molecule is CN(C(=O)Cc1csc(-c2cccnc2)n1)C1C2CC3CC(C2)CC1C3. The third-order valence-corrected chi connectivity index (χ3v) is 7.75. The second-order valence-electron chi connectivity index (χ2n) is 8.49. The predicted molar refractivity (Wildman–Crippen MR) is 103 cm³/mol. The van der Waals surface area contributed by atoms with Gasteiger partial charge in [0.2, 0.25) is 5.91 Å². The first kappa shape index (κ1) is 16.4. The maximum atomic E-state index is 13.0. The van der Waals surface area contributed by atoms with Gasteiger partial charge in [-0.15, -0.1) is 11.3 Å². The number of amides is 1. The number of rotatable bonds is 4. The van der Waals surface area contributed by atoms with Gasteiger partial charge in [0.1, 0.15) is 5.01 Å². The lowest BCUT2D eigenvalue weighted by atomic mass is 9.54. The number of hydrogen-bond acceptors (Lipinski definition) is 4. The minimum atomic E-state index is 0.227. The molecule has 0 N–H and O–H groups in total. The van der Waals surface area contributed by atoms with Crippen molar-refractivity contribution in [1.29, 1.82) is 0 Å². The van der Waals surface area contributed by atoms with Crippen LogP contribution in [0.3, 0.4) is 0 Å². The first-order chi connectivity index (χ1) is 12.7. The van der Waals surface area contributed by atoms with Crippen molar-refractivity contribution >= 4 is 17.2 Å². The largest absolute Gasteiger partial charge is 0.342 e. The average molecular weight is 368 g/mol. The van der Waals surface area contributed by atoms with E-state index in [4.69, 9.17) is 0 Å². The third-order valence-electron chi connectivity index (χ3n) is 6.81. The van der Waals surface area contributed by atoms with Crippen molar-refractivity contribution < 1.29 is 4.79 Å². The molecule has 4 bridgehead atoms. The van der Waals surface area contributed by atoms with E-state index in [-0.39, 0.29) is 5.91 Å². The number of pyridine rings is 1. The molecule has 2 aromatic heterocycles. The van der Waals surface area contributed by atoms with E-state index >= 15 is 0 Å². The van der Waals surface area contributed by atoms with Crippen molar-refractivity contribution in [2.45, 2.75) is 44.6 Å². The summed E-state index contributed by atoms with van der Waals surface area (Å²) in [4.78, 5) is 23.9. The smallest absolute Gasteiger partial charge is 0.228 e. The van der Waals surface area contributed by atoms with Gasteiger partial charge in [-0.3, -0.25) is 9.78 Å². The zero-order chi connectivity index (χ0) is 17.7. The van der Waals surface area contributed by atoms with Crippen LogP contribution in [0.1, 0.15) is 37.8 Å². The summed E-state index contributed by atoms with van der Waals surface area (Å²) < 4.78 is 0. The van der Waals surface area contributed by atoms with Crippen molar-refractivity contribution in [3.63, 3.8) is 0 Å². The summed E-state index contributed by atoms with van der Waals surface area (Å²) in [6, 6.07) is 4.39. The summed E-state index contributed by atoms with van der Waals surface area (Å²) in [5, 5.41) is 2.96. The van der Waals surface area contributed by atoms with Crippen molar-refractivity contribution in [3.8, 4) is 10.6 Å². The predicted octanol–water partition coefficient (Wildman–Crippen LogP) is 4.03. The zero-order valence-corrected chi connectivity index (χ0v) is 16.0. The molecule has 0 saturated heterocycles. The summed E-state index contributed by atoms with van der Waals surface area (Å²) in [5.74, 6) is 3.59. The van der Waals surface area contributed by atoms with Crippen LogP contribution in [0.2, 0.25) is 0 Å². The van der Waals surface area contributed by atoms with E-state index in [1.54, 1.807) is 17.5 Å². The third kappa shape index (κ3) is 2.86. The molecule has 4 nitrogen and oxygen atoms in total. The zero-order valence-electron chi connectivity index (χ0n) is 15.2. The Balaban J connectivity index is 1.28. The maximum Gasteiger partial charge on any atom is 0.228 e. The van der Waals surface area contributed by atoms with Gasteiger partial charge in [-0.2, -0.15) is 0 Å². The highest BCUT2D eigenvalue weighted by Crippen LogP contribution is 2.55. The molecule has 5 heteroatoms. The van der Waals surface area contributed by atoms with Gasteiger partial charge in [-0.1, -0.05) is 0 Å². The molecule has 0 spiro atoms. The Morgan fingerprint density at radius 2 is 1.92 bits per heavy atom. The summed E-state index contributed by atoms with van der Waals surface area (Å²) in [6.45, 7) is 0. The van der Waals surface area contributed by atoms with Gasteiger partial charge < -0.3 is 4.90 Å². The summed E-state index contributed by atoms with van der Waals surface area (Å²) in [5.41, 5.74) is 1.90. The van der Waals surface area contributed by atoms with Crippen LogP contribution in [-0.4, -0.2) is 33.9 Å². The molecule has 6 rings (SSSR count). The number of carbonyl (C=O) groups is 1. The standard InChI is InChI=1S/C21H25N3OS/c1-24(20-16-6-13-5-14(8-16)9-17(20)7-13)19(25)10-18-12-26-21(23-18)15-3-2-4-22-11-15/h2-4,11-14,16-17,20H,5-10H2,1H3. The normalized spacial score (nSPS) is 32.0. The van der Waals surface area contributed by atoms with Crippen LogP contribution in [0.25, 0.3) is 10.6 Å². The first-order valence-electron chi connectivity index (χ1n) is 9.78. The molecule has 2 heterocycles. The number of aromatic nitrogens is 2. The molecular formula is C21H25N3OS. The molecule has 4 fully saturated rings. The van der Waals surface area contributed by atoms with Crippen molar-refractivity contribution in [2.75, 3.05) is 7.05 Å². The molecule has 0 radical (unpaired) electrons. The molecule has 0 unspecified atom stereocenters. The van der Waals surface area contributed by atoms with E-state index < -0.39 is 0 Å². The Hall–Kier alpha value is -1.75. The fraction of sp³-hybridized carbons (Fsp3) is 0.571. The lowest BCUT2D eigenvalue weighted by molar-refractivity contribution is -0.140. The molecule has 4 aliphatic carbocycles. The van der Waals surface area contributed by atoms with Crippen LogP contribution in [0.15, 0.2) is 29.9 Å². The van der Waals surface area contributed by atoms with Crippen LogP contribution in [0.4, 0.5) is 0 Å². The lowest BCUT2D eigenvalue weighted by Crippen LogP contribution is -2.56. The molecule has 4 saturated carbocycles. The molecule has 0 aliphatic heterocycles. The van der Waals surface area contributed by atoms with E-state index in [1.807, 2.05) is 30.8 Å². The summed E-state index contributed by atoms with van der Waals surface area (Å²) >= 11 is 1.59. The van der Waals surface area contributed by atoms with E-state index in [9.17, 15) is 4.79 Å². The maximum absolute atomic E-state index is 13.0. The monoisotopic (exact) mass is 367 g/mol. The number of nitrogens with zero attached hydrogens (tertiary/aromatic N) is 3. The molecule has 4 aliphatic rings. The second kappa shape index (κ2) is 6.45. The van der Waals surface area contributed by atoms with Gasteiger partial charge in [0, 0.05) is 36.4 Å².